The summed E-state index contributed by atoms with van der Waals surface area (Å²) in [5, 5.41) is 0. The van der Waals surface area contributed by atoms with Gasteiger partial charge in [-0.1, -0.05) is 0 Å². The van der Waals surface area contributed by atoms with E-state index in [1.54, 1.807) is 33.3 Å². The fourth-order valence-corrected chi connectivity index (χ4v) is 3.38. The lowest BCUT2D eigenvalue weighted by Crippen LogP contribution is -2.28. The molecule has 28 heavy (non-hydrogen) atoms. The van der Waals surface area contributed by atoms with Crippen LogP contribution in [0.5, 0.6) is 11.6 Å². The van der Waals surface area contributed by atoms with E-state index in [-0.39, 0.29) is 23.9 Å². The Hall–Kier alpha value is -2.45. The average molecular weight is 395 g/mol. The van der Waals surface area contributed by atoms with Gasteiger partial charge in [0.05, 0.1) is 12.3 Å². The van der Waals surface area contributed by atoms with Crippen LogP contribution in [0.1, 0.15) is 11.1 Å². The molecule has 0 saturated carbocycles. The van der Waals surface area contributed by atoms with Crippen LogP contribution >= 0.6 is 0 Å². The van der Waals surface area contributed by atoms with Crippen molar-refractivity contribution in [3.05, 3.63) is 45.6 Å². The lowest BCUT2D eigenvalue weighted by molar-refractivity contribution is -0.0498. The molecule has 1 aromatic carbocycles. The molecule has 0 saturated heterocycles. The van der Waals surface area contributed by atoms with Crippen LogP contribution in [-0.2, 0) is 22.4 Å². The number of nitrogens with zero attached hydrogens (tertiary/aromatic N) is 1. The van der Waals surface area contributed by atoms with Crippen LogP contribution in [0.15, 0.2) is 29.1 Å². The molecule has 0 radical (unpaired) electrons. The second-order valence-electron chi connectivity index (χ2n) is 6.54. The largest absolute Gasteiger partial charge is 0.476 e. The zero-order valence-corrected chi connectivity index (χ0v) is 16.0. The van der Waals surface area contributed by atoms with Crippen LogP contribution < -0.4 is 14.9 Å². The maximum Gasteiger partial charge on any atom is 0.387 e. The molecule has 0 fully saturated rings. The van der Waals surface area contributed by atoms with Gasteiger partial charge in [0.25, 0.3) is 0 Å². The van der Waals surface area contributed by atoms with Crippen molar-refractivity contribution >= 4 is 0 Å². The molecular formula is C20H23F2NO5. The van der Waals surface area contributed by atoms with Crippen molar-refractivity contribution in [2.24, 2.45) is 0 Å². The molecule has 1 aliphatic rings. The summed E-state index contributed by atoms with van der Waals surface area (Å²) in [6.07, 6.45) is 0.343. The first kappa shape index (κ1) is 20.3. The van der Waals surface area contributed by atoms with E-state index in [0.717, 1.165) is 16.8 Å². The van der Waals surface area contributed by atoms with Crippen molar-refractivity contribution in [1.82, 2.24) is 4.57 Å². The number of aryl methyl sites for hydroxylation is 1. The summed E-state index contributed by atoms with van der Waals surface area (Å²) in [5.74, 6) is 0.555. The Balaban J connectivity index is 1.97. The molecule has 0 bridgehead atoms. The minimum atomic E-state index is -2.88. The monoisotopic (exact) mass is 395 g/mol. The maximum atomic E-state index is 12.5. The minimum Gasteiger partial charge on any atom is -0.476 e. The molecular weight excluding hydrogens is 372 g/mol. The Kier molecular flexibility index (Phi) is 6.31. The fourth-order valence-electron chi connectivity index (χ4n) is 3.38. The third-order valence-electron chi connectivity index (χ3n) is 4.78. The highest BCUT2D eigenvalue weighted by atomic mass is 19.3. The van der Waals surface area contributed by atoms with E-state index >= 15 is 0 Å². The lowest BCUT2D eigenvalue weighted by Gasteiger charge is -2.27. The number of aromatic nitrogens is 1. The van der Waals surface area contributed by atoms with Crippen molar-refractivity contribution in [1.29, 1.82) is 0 Å². The molecule has 6 nitrogen and oxygen atoms in total. The summed E-state index contributed by atoms with van der Waals surface area (Å²) < 4.78 is 47.7. The number of fused-ring (bicyclic) bond motifs is 3. The second kappa shape index (κ2) is 8.70. The van der Waals surface area contributed by atoms with E-state index in [1.165, 1.54) is 12.1 Å². The number of benzene rings is 1. The highest BCUT2D eigenvalue weighted by molar-refractivity contribution is 5.70. The van der Waals surface area contributed by atoms with Gasteiger partial charge in [0, 0.05) is 38.0 Å². The van der Waals surface area contributed by atoms with Crippen LogP contribution in [0.3, 0.4) is 0 Å². The van der Waals surface area contributed by atoms with Gasteiger partial charge in [0.2, 0.25) is 0 Å². The van der Waals surface area contributed by atoms with Crippen LogP contribution in [0.25, 0.3) is 11.3 Å². The minimum absolute atomic E-state index is 0.108. The van der Waals surface area contributed by atoms with E-state index in [2.05, 4.69) is 4.74 Å². The van der Waals surface area contributed by atoms with Gasteiger partial charge in [-0.3, -0.25) is 4.79 Å². The molecule has 8 heteroatoms. The quantitative estimate of drug-likeness (QED) is 0.688. The summed E-state index contributed by atoms with van der Waals surface area (Å²) in [6.45, 7) is 0.0347. The van der Waals surface area contributed by atoms with E-state index in [4.69, 9.17) is 14.2 Å². The molecule has 0 aliphatic carbocycles. The highest BCUT2D eigenvalue weighted by Crippen LogP contribution is 2.35. The van der Waals surface area contributed by atoms with Crippen molar-refractivity contribution in [3.8, 4) is 22.9 Å². The summed E-state index contributed by atoms with van der Waals surface area (Å²) >= 11 is 0. The molecule has 1 aromatic heterocycles. The molecule has 2 heterocycles. The highest BCUT2D eigenvalue weighted by Gasteiger charge is 2.23. The van der Waals surface area contributed by atoms with Crippen molar-refractivity contribution in [3.63, 3.8) is 0 Å². The lowest BCUT2D eigenvalue weighted by atomic mass is 9.94. The number of methoxy groups -OCH3 is 2. The second-order valence-corrected chi connectivity index (χ2v) is 6.54. The first-order valence-corrected chi connectivity index (χ1v) is 8.91. The maximum absolute atomic E-state index is 12.5. The molecule has 3 rings (SSSR count). The predicted octanol–water partition coefficient (Wildman–Crippen LogP) is 3.02. The molecule has 1 aliphatic heterocycles. The third-order valence-corrected chi connectivity index (χ3v) is 4.78. The van der Waals surface area contributed by atoms with E-state index in [9.17, 15) is 13.6 Å². The normalized spacial score (nSPS) is 13.8. The molecule has 0 N–H and O–H groups in total. The average Bonchev–Trinajstić information content (AvgIpc) is 2.67. The molecule has 152 valence electrons. The molecule has 0 amide bonds. The van der Waals surface area contributed by atoms with Crippen LogP contribution in [0.4, 0.5) is 8.78 Å². The van der Waals surface area contributed by atoms with Crippen LogP contribution in [-0.4, -0.2) is 44.7 Å². The standard InChI is InChI=1S/C20H23F2NO5/c1-12-17(24)9-18(27-11-15(26-3)10-25-2)23-7-6-13-8-14(28-20(21)22)4-5-16(13)19(12)23/h4-5,8-9,15,20H,6-7,10-11H2,1-3H3/t15-/m0/s1. The summed E-state index contributed by atoms with van der Waals surface area (Å²) in [5.41, 5.74) is 2.83. The Morgan fingerprint density at radius 2 is 1.96 bits per heavy atom. The van der Waals surface area contributed by atoms with Crippen molar-refractivity contribution in [2.75, 3.05) is 27.4 Å². The summed E-state index contributed by atoms with van der Waals surface area (Å²) in [7, 11) is 3.15. The predicted molar refractivity (Wildman–Crippen MR) is 99.4 cm³/mol. The summed E-state index contributed by atoms with van der Waals surface area (Å²) in [6, 6.07) is 6.26. The molecule has 1 atom stereocenters. The Bertz CT molecular complexity index is 897. The number of hydrogen-bond donors (Lipinski definition) is 0. The van der Waals surface area contributed by atoms with Gasteiger partial charge in [-0.05, 0) is 37.1 Å². The Morgan fingerprint density at radius 3 is 2.64 bits per heavy atom. The summed E-state index contributed by atoms with van der Waals surface area (Å²) in [4.78, 5) is 12.5. The molecule has 2 aromatic rings. The van der Waals surface area contributed by atoms with Crippen LogP contribution in [0.2, 0.25) is 0 Å². The Morgan fingerprint density at radius 1 is 1.18 bits per heavy atom. The zero-order chi connectivity index (χ0) is 20.3. The topological polar surface area (TPSA) is 58.9 Å². The van der Waals surface area contributed by atoms with Gasteiger partial charge < -0.3 is 23.5 Å². The van der Waals surface area contributed by atoms with E-state index in [0.29, 0.717) is 31.0 Å². The van der Waals surface area contributed by atoms with Gasteiger partial charge in [-0.25, -0.2) is 0 Å². The van der Waals surface area contributed by atoms with Crippen molar-refractivity contribution in [2.45, 2.75) is 32.6 Å². The van der Waals surface area contributed by atoms with E-state index < -0.39 is 6.61 Å². The number of ether oxygens (including phenoxy) is 4. The zero-order valence-electron chi connectivity index (χ0n) is 16.0. The number of halogens is 2. The van der Waals surface area contributed by atoms with Gasteiger partial charge in [0.15, 0.2) is 11.3 Å². The number of pyridine rings is 1. The smallest absolute Gasteiger partial charge is 0.387 e. The van der Waals surface area contributed by atoms with E-state index in [1.807, 2.05) is 4.57 Å². The van der Waals surface area contributed by atoms with Gasteiger partial charge in [-0.15, -0.1) is 0 Å². The molecule has 0 unspecified atom stereocenters. The van der Waals surface area contributed by atoms with Gasteiger partial charge in [0.1, 0.15) is 18.5 Å². The van der Waals surface area contributed by atoms with Gasteiger partial charge in [-0.2, -0.15) is 8.78 Å². The number of hydrogen-bond acceptors (Lipinski definition) is 5. The first-order chi connectivity index (χ1) is 13.4. The first-order valence-electron chi connectivity index (χ1n) is 8.91. The number of rotatable bonds is 8. The third kappa shape index (κ3) is 4.18. The van der Waals surface area contributed by atoms with Gasteiger partial charge >= 0.3 is 6.61 Å². The van der Waals surface area contributed by atoms with Crippen molar-refractivity contribution < 1.29 is 27.7 Å². The Labute approximate surface area is 161 Å². The number of alkyl halides is 2. The SMILES string of the molecule is COC[C@@H](COc1cc(=O)c(C)c2n1CCc1cc(OC(F)F)ccc1-2)OC. The molecule has 0 spiro atoms. The fraction of sp³-hybridized carbons (Fsp3) is 0.450. The van der Waals surface area contributed by atoms with Crippen LogP contribution in [0, 0.1) is 6.92 Å².